The number of carbonyl (C=O) groups excluding carboxylic acids is 1. The van der Waals surface area contributed by atoms with E-state index in [0.29, 0.717) is 12.3 Å². The van der Waals surface area contributed by atoms with Crippen molar-refractivity contribution in [3.05, 3.63) is 42.1 Å². The van der Waals surface area contributed by atoms with Crippen molar-refractivity contribution in [3.8, 4) is 5.75 Å². The second-order valence-electron chi connectivity index (χ2n) is 9.84. The summed E-state index contributed by atoms with van der Waals surface area (Å²) in [5, 5.41) is 6.53. The Hall–Kier alpha value is -2.57. The maximum atomic E-state index is 13.1. The maximum Gasteiger partial charge on any atom is 0.267 e. The fraction of sp³-hybridized carbons (Fsp3) is 0.536. The molecule has 3 aromatic rings. The van der Waals surface area contributed by atoms with Crippen LogP contribution in [0.3, 0.4) is 0 Å². The van der Waals surface area contributed by atoms with Crippen molar-refractivity contribution in [2.45, 2.75) is 51.5 Å². The highest BCUT2D eigenvalue weighted by atomic mass is 16.5. The van der Waals surface area contributed by atoms with Crippen molar-refractivity contribution in [3.63, 3.8) is 0 Å². The zero-order valence-corrected chi connectivity index (χ0v) is 20.4. The van der Waals surface area contributed by atoms with E-state index in [1.165, 1.54) is 45.3 Å². The summed E-state index contributed by atoms with van der Waals surface area (Å²) in [6, 6.07) is 12.5. The van der Waals surface area contributed by atoms with Gasteiger partial charge in [-0.25, -0.2) is 0 Å². The zero-order valence-electron chi connectivity index (χ0n) is 20.4. The molecule has 2 fully saturated rings. The number of piperidine rings is 1. The number of rotatable bonds is 7. The Kier molecular flexibility index (Phi) is 7.36. The second-order valence-corrected chi connectivity index (χ2v) is 9.84. The molecule has 34 heavy (non-hydrogen) atoms. The normalized spacial score (nSPS) is 18.9. The van der Waals surface area contributed by atoms with Crippen LogP contribution in [0, 0.1) is 0 Å². The summed E-state index contributed by atoms with van der Waals surface area (Å²) >= 11 is 0. The number of aromatic amines is 1. The standard InChI is InChI=1S/C28H38N4O2/c1-2-34-27-20-25-24(22-9-5-6-10-23(22)27)19-26(30-25)28(33)29-21-11-15-32(16-12-21)18-17-31-13-7-3-4-8-14-31/h5-6,9-10,19-21,30H,2-4,7-8,11-18H2,1H3,(H,29,33). The predicted molar refractivity (Wildman–Crippen MR) is 139 cm³/mol. The molecule has 2 aliphatic rings. The van der Waals surface area contributed by atoms with E-state index in [1.54, 1.807) is 0 Å². The number of carbonyl (C=O) groups is 1. The minimum Gasteiger partial charge on any atom is -0.493 e. The number of amides is 1. The van der Waals surface area contributed by atoms with Gasteiger partial charge in [0.25, 0.3) is 5.91 Å². The molecule has 6 nitrogen and oxygen atoms in total. The molecule has 0 spiro atoms. The first kappa shape index (κ1) is 23.2. The molecule has 1 amide bonds. The first-order valence-electron chi connectivity index (χ1n) is 13.1. The molecule has 0 bridgehead atoms. The molecule has 0 atom stereocenters. The van der Waals surface area contributed by atoms with Crippen molar-refractivity contribution in [2.24, 2.45) is 0 Å². The molecule has 1 aromatic heterocycles. The number of hydrogen-bond acceptors (Lipinski definition) is 4. The fourth-order valence-electron chi connectivity index (χ4n) is 5.55. The largest absolute Gasteiger partial charge is 0.493 e. The van der Waals surface area contributed by atoms with Gasteiger partial charge in [-0.3, -0.25) is 4.79 Å². The third-order valence-electron chi connectivity index (χ3n) is 7.50. The first-order valence-corrected chi connectivity index (χ1v) is 13.1. The Morgan fingerprint density at radius 3 is 2.32 bits per heavy atom. The summed E-state index contributed by atoms with van der Waals surface area (Å²) in [7, 11) is 0. The van der Waals surface area contributed by atoms with Gasteiger partial charge < -0.3 is 24.8 Å². The maximum absolute atomic E-state index is 13.1. The lowest BCUT2D eigenvalue weighted by atomic mass is 10.0. The molecular weight excluding hydrogens is 424 g/mol. The number of ether oxygens (including phenoxy) is 1. The molecule has 2 saturated heterocycles. The van der Waals surface area contributed by atoms with Crippen molar-refractivity contribution in [1.82, 2.24) is 20.1 Å². The summed E-state index contributed by atoms with van der Waals surface area (Å²) in [5.74, 6) is 0.841. The Morgan fingerprint density at radius 2 is 1.62 bits per heavy atom. The van der Waals surface area contributed by atoms with Gasteiger partial charge in [0, 0.05) is 49.1 Å². The van der Waals surface area contributed by atoms with E-state index < -0.39 is 0 Å². The number of nitrogens with one attached hydrogen (secondary N) is 2. The third kappa shape index (κ3) is 5.23. The lowest BCUT2D eigenvalue weighted by Crippen LogP contribution is -2.46. The Bertz CT molecular complexity index is 1110. The van der Waals surface area contributed by atoms with Gasteiger partial charge in [-0.2, -0.15) is 0 Å². The summed E-state index contributed by atoms with van der Waals surface area (Å²) in [4.78, 5) is 21.6. The predicted octanol–water partition coefficient (Wildman–Crippen LogP) is 4.79. The monoisotopic (exact) mass is 462 g/mol. The van der Waals surface area contributed by atoms with Crippen LogP contribution < -0.4 is 10.1 Å². The highest BCUT2D eigenvalue weighted by Crippen LogP contribution is 2.34. The zero-order chi connectivity index (χ0) is 23.3. The number of aromatic nitrogens is 1. The van der Waals surface area contributed by atoms with E-state index >= 15 is 0 Å². The van der Waals surface area contributed by atoms with Crippen molar-refractivity contribution >= 4 is 27.6 Å². The van der Waals surface area contributed by atoms with Gasteiger partial charge >= 0.3 is 0 Å². The van der Waals surface area contributed by atoms with E-state index in [-0.39, 0.29) is 11.9 Å². The quantitative estimate of drug-likeness (QED) is 0.530. The lowest BCUT2D eigenvalue weighted by molar-refractivity contribution is 0.0902. The smallest absolute Gasteiger partial charge is 0.267 e. The number of fused-ring (bicyclic) bond motifs is 3. The van der Waals surface area contributed by atoms with Gasteiger partial charge in [0.05, 0.1) is 12.1 Å². The van der Waals surface area contributed by atoms with Crippen LogP contribution in [0.2, 0.25) is 0 Å². The number of hydrogen-bond donors (Lipinski definition) is 2. The number of benzene rings is 2. The lowest BCUT2D eigenvalue weighted by Gasteiger charge is -2.33. The molecule has 2 aliphatic heterocycles. The van der Waals surface area contributed by atoms with Gasteiger partial charge in [0.1, 0.15) is 11.4 Å². The van der Waals surface area contributed by atoms with Crippen molar-refractivity contribution in [1.29, 1.82) is 0 Å². The minimum atomic E-state index is -0.0127. The molecule has 0 unspecified atom stereocenters. The number of nitrogens with zero attached hydrogens (tertiary/aromatic N) is 2. The van der Waals surface area contributed by atoms with E-state index in [0.717, 1.165) is 59.9 Å². The molecule has 5 rings (SSSR count). The van der Waals surface area contributed by atoms with Crippen LogP contribution in [0.15, 0.2) is 36.4 Å². The molecule has 0 aliphatic carbocycles. The minimum absolute atomic E-state index is 0.0127. The van der Waals surface area contributed by atoms with Gasteiger partial charge in [0.15, 0.2) is 0 Å². The molecule has 182 valence electrons. The molecule has 0 radical (unpaired) electrons. The van der Waals surface area contributed by atoms with Crippen LogP contribution in [0.1, 0.15) is 55.9 Å². The van der Waals surface area contributed by atoms with Crippen LogP contribution in [-0.2, 0) is 0 Å². The molecule has 0 saturated carbocycles. The first-order chi connectivity index (χ1) is 16.7. The van der Waals surface area contributed by atoms with E-state index in [9.17, 15) is 4.79 Å². The van der Waals surface area contributed by atoms with Crippen molar-refractivity contribution < 1.29 is 9.53 Å². The number of likely N-dealkylation sites (tertiary alicyclic amines) is 2. The van der Waals surface area contributed by atoms with Gasteiger partial charge in [-0.1, -0.05) is 37.1 Å². The molecule has 6 heteroatoms. The molecule has 2 aromatic carbocycles. The van der Waals surface area contributed by atoms with Crippen LogP contribution in [0.25, 0.3) is 21.7 Å². The Morgan fingerprint density at radius 1 is 0.941 bits per heavy atom. The fourth-order valence-corrected chi connectivity index (χ4v) is 5.55. The second kappa shape index (κ2) is 10.8. The molecule has 2 N–H and O–H groups in total. The summed E-state index contributed by atoms with van der Waals surface area (Å²) in [5.41, 5.74) is 1.56. The van der Waals surface area contributed by atoms with Crippen LogP contribution in [-0.4, -0.2) is 72.6 Å². The Balaban J connectivity index is 1.19. The third-order valence-corrected chi connectivity index (χ3v) is 7.50. The molecular formula is C28H38N4O2. The van der Waals surface area contributed by atoms with Crippen LogP contribution in [0.4, 0.5) is 0 Å². The average Bonchev–Trinajstić information content (AvgIpc) is 3.12. The highest BCUT2D eigenvalue weighted by molar-refractivity contribution is 6.12. The average molecular weight is 463 g/mol. The SMILES string of the molecule is CCOc1cc2[nH]c(C(=O)NC3CCN(CCN4CCCCCC4)CC3)cc2c2ccccc12. The van der Waals surface area contributed by atoms with Gasteiger partial charge in [0.2, 0.25) is 0 Å². The van der Waals surface area contributed by atoms with Crippen LogP contribution in [0.5, 0.6) is 5.75 Å². The highest BCUT2D eigenvalue weighted by Gasteiger charge is 2.23. The van der Waals surface area contributed by atoms with E-state index in [2.05, 4.69) is 32.2 Å². The van der Waals surface area contributed by atoms with Gasteiger partial charge in [-0.05, 0) is 57.1 Å². The number of H-pyrrole nitrogens is 1. The van der Waals surface area contributed by atoms with E-state index in [1.807, 2.05) is 31.2 Å². The Labute approximate surface area is 202 Å². The van der Waals surface area contributed by atoms with Crippen molar-refractivity contribution in [2.75, 3.05) is 45.9 Å². The summed E-state index contributed by atoms with van der Waals surface area (Å²) in [6.07, 6.45) is 7.52. The topological polar surface area (TPSA) is 60.6 Å². The molecule has 3 heterocycles. The van der Waals surface area contributed by atoms with Crippen LogP contribution >= 0.6 is 0 Å². The van der Waals surface area contributed by atoms with E-state index in [4.69, 9.17) is 4.74 Å². The summed E-state index contributed by atoms with van der Waals surface area (Å²) in [6.45, 7) is 9.59. The van der Waals surface area contributed by atoms with Gasteiger partial charge in [-0.15, -0.1) is 0 Å². The summed E-state index contributed by atoms with van der Waals surface area (Å²) < 4.78 is 5.86.